The lowest BCUT2D eigenvalue weighted by Gasteiger charge is -2.56. The van der Waals surface area contributed by atoms with Crippen LogP contribution in [0, 0.1) is 22.7 Å². The summed E-state index contributed by atoms with van der Waals surface area (Å²) in [4.78, 5) is 16.3. The number of carbonyl (C=O) groups is 1. The summed E-state index contributed by atoms with van der Waals surface area (Å²) in [6.45, 7) is 5.40. The van der Waals surface area contributed by atoms with E-state index in [0.717, 1.165) is 60.4 Å². The second-order valence-electron chi connectivity index (χ2n) is 15.1. The minimum absolute atomic E-state index is 0.0166. The first-order valence-electron chi connectivity index (χ1n) is 17.4. The molecule has 6 atom stereocenters. The molecule has 0 heterocycles. The number of rotatable bonds is 8. The summed E-state index contributed by atoms with van der Waals surface area (Å²) in [5, 5.41) is 25.5. The van der Waals surface area contributed by atoms with Crippen LogP contribution in [0.25, 0.3) is 10.8 Å². The zero-order valence-corrected chi connectivity index (χ0v) is 28.3. The lowest BCUT2D eigenvalue weighted by Crippen LogP contribution is -2.56. The predicted molar refractivity (Wildman–Crippen MR) is 185 cm³/mol. The quantitative estimate of drug-likeness (QED) is 0.270. The first-order valence-corrected chi connectivity index (χ1v) is 17.4. The Morgan fingerprint density at radius 1 is 0.894 bits per heavy atom. The van der Waals surface area contributed by atoms with Gasteiger partial charge in [0, 0.05) is 12.0 Å². The molecule has 4 aliphatic carbocycles. The molecule has 6 nitrogen and oxygen atoms in total. The number of aliphatic hydroxyl groups excluding tert-OH is 1. The molecule has 6 heteroatoms. The van der Waals surface area contributed by atoms with Crippen LogP contribution in [0.3, 0.4) is 0 Å². The van der Waals surface area contributed by atoms with Crippen molar-refractivity contribution in [1.82, 2.24) is 4.90 Å². The van der Waals surface area contributed by atoms with Crippen molar-refractivity contribution < 1.29 is 24.5 Å². The van der Waals surface area contributed by atoms with Gasteiger partial charge in [-0.05, 0) is 96.2 Å². The normalized spacial score (nSPS) is 31.2. The van der Waals surface area contributed by atoms with E-state index in [-0.39, 0.29) is 41.7 Å². The van der Waals surface area contributed by atoms with Crippen LogP contribution in [0.15, 0.2) is 84.0 Å². The van der Waals surface area contributed by atoms with Crippen LogP contribution < -0.4 is 9.47 Å². The number of benzene rings is 3. The number of methoxy groups -OCH3 is 2. The minimum atomic E-state index is -1.02. The molecule has 0 bridgehead atoms. The third-order valence-electron chi connectivity index (χ3n) is 12.7. The van der Waals surface area contributed by atoms with Gasteiger partial charge in [0.2, 0.25) is 5.91 Å². The maximum Gasteiger partial charge on any atom is 0.227 e. The highest BCUT2D eigenvalue weighted by Gasteiger charge is 2.62. The summed E-state index contributed by atoms with van der Waals surface area (Å²) in [6, 6.07) is 20.2. The van der Waals surface area contributed by atoms with Crippen LogP contribution in [0.2, 0.25) is 0 Å². The van der Waals surface area contributed by atoms with Crippen molar-refractivity contribution in [2.75, 3.05) is 20.8 Å². The summed E-state index contributed by atoms with van der Waals surface area (Å²) in [7, 11) is 3.21. The summed E-state index contributed by atoms with van der Waals surface area (Å²) in [5.41, 5.74) is 3.52. The molecule has 3 aromatic carbocycles. The lowest BCUT2D eigenvalue weighted by atomic mass is 9.50. The fourth-order valence-corrected chi connectivity index (χ4v) is 9.82. The van der Waals surface area contributed by atoms with E-state index in [1.165, 1.54) is 11.1 Å². The smallest absolute Gasteiger partial charge is 0.227 e. The van der Waals surface area contributed by atoms with Crippen molar-refractivity contribution in [3.8, 4) is 11.5 Å². The molecule has 7 rings (SSSR count). The monoisotopic (exact) mass is 635 g/mol. The second kappa shape index (κ2) is 12.1. The number of hydrogen-bond donors (Lipinski definition) is 2. The summed E-state index contributed by atoms with van der Waals surface area (Å²) < 4.78 is 11.0. The lowest BCUT2D eigenvalue weighted by molar-refractivity contribution is -0.142. The zero-order valence-electron chi connectivity index (χ0n) is 28.3. The van der Waals surface area contributed by atoms with E-state index >= 15 is 0 Å². The van der Waals surface area contributed by atoms with Crippen molar-refractivity contribution >= 4 is 16.7 Å². The summed E-state index contributed by atoms with van der Waals surface area (Å²) in [5.74, 6) is 1.93. The molecule has 0 spiro atoms. The average Bonchev–Trinajstić information content (AvgIpc) is 3.34. The predicted octanol–water partition coefficient (Wildman–Crippen LogP) is 7.40. The molecule has 4 aliphatic rings. The van der Waals surface area contributed by atoms with E-state index < -0.39 is 5.60 Å². The van der Waals surface area contributed by atoms with Crippen molar-refractivity contribution in [2.24, 2.45) is 22.7 Å². The van der Waals surface area contributed by atoms with E-state index in [2.05, 4.69) is 56.3 Å². The average molecular weight is 636 g/mol. The molecule has 1 amide bonds. The van der Waals surface area contributed by atoms with Crippen LogP contribution in [0.1, 0.15) is 69.9 Å². The second-order valence-corrected chi connectivity index (χ2v) is 15.1. The zero-order chi connectivity index (χ0) is 33.0. The molecule has 3 aromatic rings. The molecule has 0 aromatic heterocycles. The van der Waals surface area contributed by atoms with Gasteiger partial charge in [-0.15, -0.1) is 0 Å². The van der Waals surface area contributed by atoms with Crippen LogP contribution >= 0.6 is 0 Å². The highest BCUT2D eigenvalue weighted by Crippen LogP contribution is 2.66. The van der Waals surface area contributed by atoms with Gasteiger partial charge in [0.1, 0.15) is 0 Å². The summed E-state index contributed by atoms with van der Waals surface area (Å²) >= 11 is 0. The Bertz CT molecular complexity index is 1740. The molecule has 3 saturated carbocycles. The van der Waals surface area contributed by atoms with Crippen molar-refractivity contribution in [3.05, 3.63) is 95.1 Å². The van der Waals surface area contributed by atoms with Gasteiger partial charge in [-0.25, -0.2) is 0 Å². The van der Waals surface area contributed by atoms with Gasteiger partial charge < -0.3 is 24.6 Å². The van der Waals surface area contributed by atoms with Gasteiger partial charge in [0.25, 0.3) is 0 Å². The van der Waals surface area contributed by atoms with E-state index in [4.69, 9.17) is 9.47 Å². The number of fused-ring (bicyclic) bond motifs is 6. The highest BCUT2D eigenvalue weighted by molar-refractivity contribution is 5.86. The largest absolute Gasteiger partial charge is 0.493 e. The molecule has 0 radical (unpaired) electrons. The number of amides is 1. The molecular weight excluding hydrogens is 586 g/mol. The number of ether oxygens (including phenoxy) is 2. The molecule has 6 unspecified atom stereocenters. The first kappa shape index (κ1) is 32.0. The van der Waals surface area contributed by atoms with E-state index in [0.29, 0.717) is 30.4 Å². The van der Waals surface area contributed by atoms with Gasteiger partial charge in [0.05, 0.1) is 38.9 Å². The van der Waals surface area contributed by atoms with E-state index in [1.807, 2.05) is 35.2 Å². The molecule has 0 aliphatic heterocycles. The Kier molecular flexibility index (Phi) is 8.25. The highest BCUT2D eigenvalue weighted by atomic mass is 16.5. The Labute approximate surface area is 279 Å². The molecule has 2 N–H and O–H groups in total. The Balaban J connectivity index is 1.20. The number of hydrogen-bond acceptors (Lipinski definition) is 5. The standard InChI is InChI=1S/C41H49NO5/c1-39-19-16-31(43)24-30(39)13-14-33-34(39)17-20-40(2)35(33)18-21-41(40,45)26-42(25-29-10-7-9-28-8-5-6-11-32(28)29)38(44)23-27-12-15-36(46-3)37(22-27)47-4/h5-15,22,31,34-35,43,45H,16-21,23-26H2,1-4H3. The van der Waals surface area contributed by atoms with Gasteiger partial charge in [-0.1, -0.05) is 85.7 Å². The summed E-state index contributed by atoms with van der Waals surface area (Å²) in [6.07, 6.45) is 10.8. The van der Waals surface area contributed by atoms with Gasteiger partial charge in [-0.2, -0.15) is 0 Å². The maximum absolute atomic E-state index is 14.4. The third-order valence-corrected chi connectivity index (χ3v) is 12.7. The van der Waals surface area contributed by atoms with Crippen LogP contribution in [0.4, 0.5) is 0 Å². The van der Waals surface area contributed by atoms with Crippen LogP contribution in [0.5, 0.6) is 11.5 Å². The molecule has 3 fully saturated rings. The van der Waals surface area contributed by atoms with Gasteiger partial charge in [0.15, 0.2) is 11.5 Å². The van der Waals surface area contributed by atoms with Crippen molar-refractivity contribution in [2.45, 2.75) is 83.5 Å². The fourth-order valence-electron chi connectivity index (χ4n) is 9.82. The van der Waals surface area contributed by atoms with E-state index in [9.17, 15) is 15.0 Å². The topological polar surface area (TPSA) is 79.2 Å². The first-order chi connectivity index (χ1) is 22.6. The Morgan fingerprint density at radius 3 is 2.47 bits per heavy atom. The molecule has 248 valence electrons. The number of allylic oxidation sites excluding steroid dienone is 3. The van der Waals surface area contributed by atoms with Crippen LogP contribution in [-0.4, -0.2) is 53.5 Å². The van der Waals surface area contributed by atoms with Gasteiger partial charge in [-0.3, -0.25) is 4.79 Å². The third kappa shape index (κ3) is 5.38. The number of aliphatic hydroxyl groups is 2. The molecule has 0 saturated heterocycles. The molecule has 47 heavy (non-hydrogen) atoms. The fraction of sp³-hybridized carbons (Fsp3) is 0.488. The van der Waals surface area contributed by atoms with Crippen molar-refractivity contribution in [1.29, 1.82) is 0 Å². The Hall–Kier alpha value is -3.61. The Morgan fingerprint density at radius 2 is 1.66 bits per heavy atom. The van der Waals surface area contributed by atoms with Gasteiger partial charge >= 0.3 is 0 Å². The van der Waals surface area contributed by atoms with Crippen molar-refractivity contribution in [3.63, 3.8) is 0 Å². The SMILES string of the molecule is COc1ccc(CC(=O)N(Cc2cccc3ccccc23)CC2(O)CCC3C4=CC=C5CC(O)CCC5(C)C4CCC32C)cc1OC. The number of nitrogens with zero attached hydrogens (tertiary/aromatic N) is 1. The van der Waals surface area contributed by atoms with E-state index in [1.54, 1.807) is 14.2 Å². The molecular formula is C41H49NO5. The van der Waals surface area contributed by atoms with Crippen LogP contribution in [-0.2, 0) is 17.8 Å². The minimum Gasteiger partial charge on any atom is -0.493 e. The maximum atomic E-state index is 14.4. The number of carbonyl (C=O) groups excluding carboxylic acids is 1.